The number of nitrogens with one attached hydrogen (secondary N) is 1. The smallest absolute Gasteiger partial charge is 0.292 e. The zero-order valence-corrected chi connectivity index (χ0v) is 10.3. The maximum absolute atomic E-state index is 10.8. The van der Waals surface area contributed by atoms with Gasteiger partial charge in [0.1, 0.15) is 5.69 Å². The van der Waals surface area contributed by atoms with Gasteiger partial charge in [-0.2, -0.15) is 0 Å². The third kappa shape index (κ3) is 2.85. The van der Waals surface area contributed by atoms with E-state index in [9.17, 15) is 10.1 Å². The highest BCUT2D eigenvalue weighted by Crippen LogP contribution is 2.28. The van der Waals surface area contributed by atoms with Crippen LogP contribution in [-0.4, -0.2) is 4.92 Å². The molecule has 1 N–H and O–H groups in total. The average molecular weight is 297 g/mol. The van der Waals surface area contributed by atoms with Crippen LogP contribution in [0, 0.1) is 10.1 Å². The van der Waals surface area contributed by atoms with Gasteiger partial charge in [-0.15, -0.1) is 0 Å². The first-order valence-electron chi connectivity index (χ1n) is 4.85. The fourth-order valence-electron chi connectivity index (χ4n) is 1.40. The minimum Gasteiger partial charge on any atom is -0.472 e. The van der Waals surface area contributed by atoms with Crippen molar-refractivity contribution in [2.24, 2.45) is 0 Å². The predicted octanol–water partition coefficient (Wildman–Crippen LogP) is 3.56. The van der Waals surface area contributed by atoms with Crippen molar-refractivity contribution in [1.82, 2.24) is 0 Å². The molecule has 17 heavy (non-hydrogen) atoms. The predicted molar refractivity (Wildman–Crippen MR) is 66.8 cm³/mol. The molecular weight excluding hydrogens is 288 g/mol. The second kappa shape index (κ2) is 5.01. The molecule has 0 fully saturated rings. The van der Waals surface area contributed by atoms with Crippen molar-refractivity contribution in [2.45, 2.75) is 6.54 Å². The Hall–Kier alpha value is -1.82. The van der Waals surface area contributed by atoms with Gasteiger partial charge in [0, 0.05) is 22.6 Å². The molecule has 1 aromatic carbocycles. The van der Waals surface area contributed by atoms with E-state index in [0.717, 1.165) is 10.0 Å². The van der Waals surface area contributed by atoms with E-state index in [-0.39, 0.29) is 5.69 Å². The van der Waals surface area contributed by atoms with Crippen LogP contribution in [0.5, 0.6) is 0 Å². The third-order valence-electron chi connectivity index (χ3n) is 2.22. The first-order chi connectivity index (χ1) is 8.16. The van der Waals surface area contributed by atoms with Gasteiger partial charge >= 0.3 is 0 Å². The van der Waals surface area contributed by atoms with Crippen LogP contribution in [0.2, 0.25) is 0 Å². The van der Waals surface area contributed by atoms with E-state index in [1.807, 2.05) is 0 Å². The first-order valence-corrected chi connectivity index (χ1v) is 5.65. The van der Waals surface area contributed by atoms with Crippen LogP contribution in [0.15, 0.2) is 45.7 Å². The lowest BCUT2D eigenvalue weighted by molar-refractivity contribution is -0.384. The Morgan fingerprint density at radius 3 is 2.88 bits per heavy atom. The monoisotopic (exact) mass is 296 g/mol. The zero-order valence-electron chi connectivity index (χ0n) is 8.72. The number of rotatable bonds is 4. The standard InChI is InChI=1S/C11H9BrN2O3/c12-9-1-2-11(14(15)16)10(5-9)13-6-8-3-4-17-7-8/h1-5,7,13H,6H2. The Morgan fingerprint density at radius 2 is 2.24 bits per heavy atom. The SMILES string of the molecule is O=[N+]([O-])c1ccc(Br)cc1NCc1ccoc1. The highest BCUT2D eigenvalue weighted by Gasteiger charge is 2.13. The molecule has 0 radical (unpaired) electrons. The molecule has 5 nitrogen and oxygen atoms in total. The molecule has 0 saturated carbocycles. The second-order valence-corrected chi connectivity index (χ2v) is 4.32. The van der Waals surface area contributed by atoms with E-state index in [1.165, 1.54) is 6.07 Å². The van der Waals surface area contributed by atoms with E-state index in [4.69, 9.17) is 4.42 Å². The molecule has 0 spiro atoms. The van der Waals surface area contributed by atoms with Gasteiger partial charge in [0.25, 0.3) is 5.69 Å². The van der Waals surface area contributed by atoms with Gasteiger partial charge in [0.15, 0.2) is 0 Å². The number of benzene rings is 1. The Morgan fingerprint density at radius 1 is 1.41 bits per heavy atom. The molecule has 0 saturated heterocycles. The molecule has 0 atom stereocenters. The van der Waals surface area contributed by atoms with Gasteiger partial charge in [-0.05, 0) is 18.2 Å². The van der Waals surface area contributed by atoms with Gasteiger partial charge in [0.2, 0.25) is 0 Å². The van der Waals surface area contributed by atoms with E-state index in [0.29, 0.717) is 12.2 Å². The minimum absolute atomic E-state index is 0.0525. The molecule has 0 amide bonds. The molecule has 0 aliphatic carbocycles. The topological polar surface area (TPSA) is 68.3 Å². The van der Waals surface area contributed by atoms with Gasteiger partial charge in [-0.1, -0.05) is 15.9 Å². The molecule has 0 bridgehead atoms. The van der Waals surface area contributed by atoms with Crippen LogP contribution in [0.3, 0.4) is 0 Å². The molecule has 88 valence electrons. The van der Waals surface area contributed by atoms with E-state index in [1.54, 1.807) is 30.7 Å². The third-order valence-corrected chi connectivity index (χ3v) is 2.71. The summed E-state index contributed by atoms with van der Waals surface area (Å²) >= 11 is 3.28. The molecular formula is C11H9BrN2O3. The summed E-state index contributed by atoms with van der Waals surface area (Å²) in [6, 6.07) is 6.58. The van der Waals surface area contributed by atoms with Crippen LogP contribution in [0.4, 0.5) is 11.4 Å². The zero-order chi connectivity index (χ0) is 12.3. The Balaban J connectivity index is 2.19. The summed E-state index contributed by atoms with van der Waals surface area (Å²) in [5.74, 6) is 0. The largest absolute Gasteiger partial charge is 0.472 e. The Labute approximate surface area is 106 Å². The molecule has 2 rings (SSSR count). The second-order valence-electron chi connectivity index (χ2n) is 3.40. The lowest BCUT2D eigenvalue weighted by Crippen LogP contribution is -2.01. The first kappa shape index (κ1) is 11.7. The summed E-state index contributed by atoms with van der Waals surface area (Å²) in [6.07, 6.45) is 3.16. The summed E-state index contributed by atoms with van der Waals surface area (Å²) in [5.41, 5.74) is 1.46. The van der Waals surface area contributed by atoms with Crippen molar-refractivity contribution in [3.8, 4) is 0 Å². The van der Waals surface area contributed by atoms with E-state index >= 15 is 0 Å². The van der Waals surface area contributed by atoms with Gasteiger partial charge in [-0.25, -0.2) is 0 Å². The van der Waals surface area contributed by atoms with Crippen molar-refractivity contribution in [3.63, 3.8) is 0 Å². The molecule has 6 heteroatoms. The van der Waals surface area contributed by atoms with Gasteiger partial charge in [0.05, 0.1) is 17.4 Å². The van der Waals surface area contributed by atoms with Crippen LogP contribution < -0.4 is 5.32 Å². The van der Waals surface area contributed by atoms with Crippen molar-refractivity contribution in [2.75, 3.05) is 5.32 Å². The molecule has 1 heterocycles. The maximum atomic E-state index is 10.8. The van der Waals surface area contributed by atoms with Gasteiger partial charge < -0.3 is 9.73 Å². The van der Waals surface area contributed by atoms with Crippen LogP contribution in [0.25, 0.3) is 0 Å². The Kier molecular flexibility index (Phi) is 3.43. The number of nitrogens with zero attached hydrogens (tertiary/aromatic N) is 1. The number of anilines is 1. The lowest BCUT2D eigenvalue weighted by atomic mass is 10.2. The quantitative estimate of drug-likeness (QED) is 0.692. The van der Waals surface area contributed by atoms with Crippen molar-refractivity contribution in [1.29, 1.82) is 0 Å². The van der Waals surface area contributed by atoms with Crippen molar-refractivity contribution < 1.29 is 9.34 Å². The molecule has 0 unspecified atom stereocenters. The average Bonchev–Trinajstić information content (AvgIpc) is 2.78. The molecule has 2 aromatic rings. The van der Waals surface area contributed by atoms with Crippen LogP contribution in [-0.2, 0) is 6.54 Å². The molecule has 0 aliphatic heterocycles. The fraction of sp³-hybridized carbons (Fsp3) is 0.0909. The summed E-state index contributed by atoms with van der Waals surface area (Å²) < 4.78 is 5.71. The van der Waals surface area contributed by atoms with E-state index in [2.05, 4.69) is 21.2 Å². The number of nitro groups is 1. The summed E-state index contributed by atoms with van der Waals surface area (Å²) in [5, 5.41) is 13.8. The molecule has 1 aromatic heterocycles. The van der Waals surface area contributed by atoms with Crippen LogP contribution >= 0.6 is 15.9 Å². The Bertz CT molecular complexity index is 526. The number of halogens is 1. The highest BCUT2D eigenvalue weighted by atomic mass is 79.9. The fourth-order valence-corrected chi connectivity index (χ4v) is 1.76. The molecule has 0 aliphatic rings. The summed E-state index contributed by atoms with van der Waals surface area (Å²) in [6.45, 7) is 0.480. The highest BCUT2D eigenvalue weighted by molar-refractivity contribution is 9.10. The normalized spacial score (nSPS) is 10.2. The number of nitro benzene ring substituents is 1. The summed E-state index contributed by atoms with van der Waals surface area (Å²) in [7, 11) is 0. The van der Waals surface area contributed by atoms with E-state index < -0.39 is 4.92 Å². The number of hydrogen-bond donors (Lipinski definition) is 1. The van der Waals surface area contributed by atoms with Gasteiger partial charge in [-0.3, -0.25) is 10.1 Å². The number of furan rings is 1. The minimum atomic E-state index is -0.413. The van der Waals surface area contributed by atoms with Crippen molar-refractivity contribution >= 4 is 27.3 Å². The van der Waals surface area contributed by atoms with Crippen LogP contribution in [0.1, 0.15) is 5.56 Å². The lowest BCUT2D eigenvalue weighted by Gasteiger charge is -2.06. The maximum Gasteiger partial charge on any atom is 0.292 e. The summed E-state index contributed by atoms with van der Waals surface area (Å²) in [4.78, 5) is 10.4. The number of hydrogen-bond acceptors (Lipinski definition) is 4. The van der Waals surface area contributed by atoms with Crippen molar-refractivity contribution in [3.05, 3.63) is 56.9 Å².